The van der Waals surface area contributed by atoms with Crippen molar-refractivity contribution in [3.63, 3.8) is 0 Å². The van der Waals surface area contributed by atoms with Crippen LogP contribution in [0.4, 0.5) is 0 Å². The highest BCUT2D eigenvalue weighted by Gasteiger charge is 2.39. The third-order valence-corrected chi connectivity index (χ3v) is 4.11. The van der Waals surface area contributed by atoms with Crippen LogP contribution in [0.15, 0.2) is 35.2 Å². The Morgan fingerprint density at radius 2 is 2.25 bits per heavy atom. The minimum atomic E-state index is -0.107. The molecule has 3 rings (SSSR count). The van der Waals surface area contributed by atoms with Crippen LogP contribution >= 0.6 is 0 Å². The topological polar surface area (TPSA) is 35.8 Å². The van der Waals surface area contributed by atoms with Crippen LogP contribution in [0.1, 0.15) is 31.9 Å². The molecule has 4 heteroatoms. The summed E-state index contributed by atoms with van der Waals surface area (Å²) in [5.74, 6) is 2.43. The Bertz CT molecular complexity index is 569. The summed E-state index contributed by atoms with van der Waals surface area (Å²) in [6.45, 7) is 4.88. The lowest BCUT2D eigenvalue weighted by atomic mass is 9.92. The monoisotopic (exact) mass is 274 g/mol. The van der Waals surface area contributed by atoms with E-state index < -0.39 is 0 Å². The van der Waals surface area contributed by atoms with E-state index in [9.17, 15) is 0 Å². The van der Waals surface area contributed by atoms with E-state index in [1.165, 1.54) is 5.69 Å². The molecule has 0 spiro atoms. The number of methoxy groups -OCH3 is 1. The Hall–Kier alpha value is -1.71. The molecule has 2 atom stereocenters. The maximum atomic E-state index is 5.86. The van der Waals surface area contributed by atoms with Gasteiger partial charge in [0.2, 0.25) is 0 Å². The zero-order valence-electron chi connectivity index (χ0n) is 12.6. The van der Waals surface area contributed by atoms with Gasteiger partial charge >= 0.3 is 0 Å². The van der Waals surface area contributed by atoms with Crippen LogP contribution in [0.5, 0.6) is 0 Å². The Kier molecular flexibility index (Phi) is 3.11. The third kappa shape index (κ3) is 2.23. The number of ether oxygens (including phenoxy) is 2. The molecule has 2 heterocycles. The van der Waals surface area contributed by atoms with Crippen molar-refractivity contribution in [2.75, 3.05) is 13.7 Å². The standard InChI is InChI=1S/C16H22N2O2/c1-16(2)10-20-15(17-16)13-9-11(19-4)8-12(13)14-6-5-7-18(14)3/h5-8,12-13H,9-10H2,1-4H3/t12-,13+/m1/s1. The number of rotatable bonds is 3. The van der Waals surface area contributed by atoms with Crippen LogP contribution < -0.4 is 0 Å². The van der Waals surface area contributed by atoms with Gasteiger partial charge in [0.1, 0.15) is 6.61 Å². The van der Waals surface area contributed by atoms with Gasteiger partial charge in [0.25, 0.3) is 0 Å². The number of aromatic nitrogens is 1. The highest BCUT2D eigenvalue weighted by molar-refractivity contribution is 5.83. The highest BCUT2D eigenvalue weighted by atomic mass is 16.5. The van der Waals surface area contributed by atoms with Crippen LogP contribution in [-0.2, 0) is 16.5 Å². The van der Waals surface area contributed by atoms with Gasteiger partial charge < -0.3 is 14.0 Å². The van der Waals surface area contributed by atoms with Crippen molar-refractivity contribution < 1.29 is 9.47 Å². The summed E-state index contributed by atoms with van der Waals surface area (Å²) < 4.78 is 13.5. The molecular weight excluding hydrogens is 252 g/mol. The number of hydrogen-bond donors (Lipinski definition) is 0. The van der Waals surface area contributed by atoms with Crippen molar-refractivity contribution in [2.24, 2.45) is 18.0 Å². The molecule has 1 aliphatic carbocycles. The van der Waals surface area contributed by atoms with E-state index in [4.69, 9.17) is 14.5 Å². The van der Waals surface area contributed by atoms with Crippen molar-refractivity contribution >= 4 is 5.90 Å². The SMILES string of the molecule is COC1=C[C@@H](c2cccn2C)[C@@H](C2=NC(C)(C)CO2)C1. The first-order valence-electron chi connectivity index (χ1n) is 7.08. The number of aliphatic imine (C=N–C) groups is 1. The predicted molar refractivity (Wildman–Crippen MR) is 78.8 cm³/mol. The molecule has 0 radical (unpaired) electrons. The van der Waals surface area contributed by atoms with Crippen LogP contribution in [0, 0.1) is 5.92 Å². The van der Waals surface area contributed by atoms with Crippen molar-refractivity contribution in [2.45, 2.75) is 31.7 Å². The van der Waals surface area contributed by atoms with Gasteiger partial charge in [-0.3, -0.25) is 0 Å². The molecule has 0 saturated heterocycles. The van der Waals surface area contributed by atoms with E-state index in [2.05, 4.69) is 49.9 Å². The number of allylic oxidation sites excluding steroid dienone is 2. The summed E-state index contributed by atoms with van der Waals surface area (Å²) in [5, 5.41) is 0. The molecule has 0 aromatic carbocycles. The molecular formula is C16H22N2O2. The molecule has 0 unspecified atom stereocenters. The zero-order chi connectivity index (χ0) is 14.3. The Morgan fingerprint density at radius 3 is 2.80 bits per heavy atom. The number of nitrogens with zero attached hydrogens (tertiary/aromatic N) is 2. The van der Waals surface area contributed by atoms with Crippen molar-refractivity contribution in [3.8, 4) is 0 Å². The van der Waals surface area contributed by atoms with Gasteiger partial charge in [-0.2, -0.15) is 0 Å². The molecule has 0 bridgehead atoms. The lowest BCUT2D eigenvalue weighted by molar-refractivity contribution is 0.253. The summed E-state index contributed by atoms with van der Waals surface area (Å²) in [6, 6.07) is 4.24. The fourth-order valence-electron chi connectivity index (χ4n) is 3.04. The van der Waals surface area contributed by atoms with Crippen LogP contribution in [-0.4, -0.2) is 29.7 Å². The van der Waals surface area contributed by atoms with Crippen LogP contribution in [0.3, 0.4) is 0 Å². The molecule has 0 N–H and O–H groups in total. The fraction of sp³-hybridized carbons (Fsp3) is 0.562. The second-order valence-corrected chi connectivity index (χ2v) is 6.27. The predicted octanol–water partition coefficient (Wildman–Crippen LogP) is 2.87. The first kappa shape index (κ1) is 13.3. The van der Waals surface area contributed by atoms with Gasteiger partial charge in [-0.1, -0.05) is 0 Å². The quantitative estimate of drug-likeness (QED) is 0.849. The number of hydrogen-bond acceptors (Lipinski definition) is 3. The molecule has 2 aliphatic rings. The van der Waals surface area contributed by atoms with E-state index in [1.807, 2.05) is 0 Å². The third-order valence-electron chi connectivity index (χ3n) is 4.11. The highest BCUT2D eigenvalue weighted by Crippen LogP contribution is 2.41. The van der Waals surface area contributed by atoms with E-state index in [1.54, 1.807) is 7.11 Å². The lowest BCUT2D eigenvalue weighted by Crippen LogP contribution is -2.20. The molecule has 1 aromatic rings. The average molecular weight is 274 g/mol. The largest absolute Gasteiger partial charge is 0.501 e. The van der Waals surface area contributed by atoms with Crippen molar-refractivity contribution in [1.82, 2.24) is 4.57 Å². The fourth-order valence-corrected chi connectivity index (χ4v) is 3.04. The molecule has 4 nitrogen and oxygen atoms in total. The van der Waals surface area contributed by atoms with Crippen LogP contribution in [0.25, 0.3) is 0 Å². The molecule has 0 fully saturated rings. The molecule has 20 heavy (non-hydrogen) atoms. The van der Waals surface area contributed by atoms with E-state index in [-0.39, 0.29) is 17.4 Å². The van der Waals surface area contributed by atoms with E-state index in [0.717, 1.165) is 18.1 Å². The molecule has 0 amide bonds. The first-order valence-corrected chi connectivity index (χ1v) is 7.08. The molecule has 0 saturated carbocycles. The average Bonchev–Trinajstić information content (AvgIpc) is 3.06. The van der Waals surface area contributed by atoms with E-state index >= 15 is 0 Å². The van der Waals surface area contributed by atoms with Crippen LogP contribution in [0.2, 0.25) is 0 Å². The van der Waals surface area contributed by atoms with Gasteiger partial charge in [0.05, 0.1) is 24.3 Å². The van der Waals surface area contributed by atoms with Gasteiger partial charge in [-0.15, -0.1) is 0 Å². The first-order chi connectivity index (χ1) is 9.50. The van der Waals surface area contributed by atoms with Gasteiger partial charge in [0.15, 0.2) is 5.90 Å². The maximum absolute atomic E-state index is 5.86. The van der Waals surface area contributed by atoms with E-state index in [0.29, 0.717) is 6.61 Å². The summed E-state index contributed by atoms with van der Waals surface area (Å²) in [6.07, 6.45) is 5.14. The van der Waals surface area contributed by atoms with Gasteiger partial charge in [0, 0.05) is 31.3 Å². The summed E-state index contributed by atoms with van der Waals surface area (Å²) >= 11 is 0. The lowest BCUT2D eigenvalue weighted by Gasteiger charge is -2.19. The maximum Gasteiger partial charge on any atom is 0.188 e. The van der Waals surface area contributed by atoms with Gasteiger partial charge in [-0.05, 0) is 32.1 Å². The minimum absolute atomic E-state index is 0.107. The van der Waals surface area contributed by atoms with Crippen molar-refractivity contribution in [3.05, 3.63) is 35.9 Å². The second-order valence-electron chi connectivity index (χ2n) is 6.27. The normalized spacial score (nSPS) is 28.0. The summed E-state index contributed by atoms with van der Waals surface area (Å²) in [4.78, 5) is 4.76. The summed E-state index contributed by atoms with van der Waals surface area (Å²) in [7, 11) is 3.81. The summed E-state index contributed by atoms with van der Waals surface area (Å²) in [5.41, 5.74) is 1.17. The Morgan fingerprint density at radius 1 is 1.45 bits per heavy atom. The zero-order valence-corrected chi connectivity index (χ0v) is 12.6. The molecule has 1 aromatic heterocycles. The minimum Gasteiger partial charge on any atom is -0.501 e. The molecule has 1 aliphatic heterocycles. The Balaban J connectivity index is 1.93. The smallest absolute Gasteiger partial charge is 0.188 e. The van der Waals surface area contributed by atoms with Gasteiger partial charge in [-0.25, -0.2) is 4.99 Å². The number of aryl methyl sites for hydroxylation is 1. The second kappa shape index (κ2) is 4.69. The van der Waals surface area contributed by atoms with Crippen molar-refractivity contribution in [1.29, 1.82) is 0 Å². The molecule has 108 valence electrons. The Labute approximate surface area is 120 Å².